The number of carbonyl (C=O) groups is 2. The molecular weight excluding hydrogens is 408 g/mol. The number of rotatable bonds is 3. The predicted octanol–water partition coefficient (Wildman–Crippen LogP) is 2.98. The van der Waals surface area contributed by atoms with Gasteiger partial charge in [-0.25, -0.2) is 4.98 Å². The number of nitrogens with zero attached hydrogens (tertiary/aromatic N) is 3. The third kappa shape index (κ3) is 4.96. The van der Waals surface area contributed by atoms with Gasteiger partial charge in [0.2, 0.25) is 0 Å². The van der Waals surface area contributed by atoms with Gasteiger partial charge in [-0.2, -0.15) is 0 Å². The number of methoxy groups -OCH3 is 1. The van der Waals surface area contributed by atoms with Crippen molar-refractivity contribution >= 4 is 11.8 Å². The van der Waals surface area contributed by atoms with E-state index in [2.05, 4.69) is 9.97 Å². The van der Waals surface area contributed by atoms with E-state index in [4.69, 9.17) is 9.47 Å². The van der Waals surface area contributed by atoms with Gasteiger partial charge in [0.15, 0.2) is 0 Å². The van der Waals surface area contributed by atoms with Gasteiger partial charge >= 0.3 is 0 Å². The number of nitrogens with one attached hydrogen (secondary N) is 1. The molecule has 0 unspecified atom stereocenters. The van der Waals surface area contributed by atoms with Crippen LogP contribution in [0, 0.1) is 5.41 Å². The third-order valence-corrected chi connectivity index (χ3v) is 6.70. The minimum Gasteiger partial charge on any atom is -0.491 e. The molecule has 5 rings (SSSR count). The number of para-hydroxylation sites is 1. The molecule has 8 heteroatoms. The van der Waals surface area contributed by atoms with Gasteiger partial charge in [0, 0.05) is 26.7 Å². The van der Waals surface area contributed by atoms with E-state index in [0.717, 1.165) is 45.2 Å². The maximum atomic E-state index is 13.3. The molecular formula is C24H32N4O4. The van der Waals surface area contributed by atoms with Crippen LogP contribution < -0.4 is 4.74 Å². The second-order valence-corrected chi connectivity index (χ2v) is 8.78. The molecule has 3 aliphatic heterocycles. The Hall–Kier alpha value is -2.87. The number of benzene rings is 1. The molecule has 1 fully saturated rings. The van der Waals surface area contributed by atoms with Crippen LogP contribution in [-0.4, -0.2) is 78.1 Å². The molecule has 3 aliphatic rings. The average Bonchev–Trinajstić information content (AvgIpc) is 3.35. The number of hydrogen-bond donors (Lipinski definition) is 1. The maximum absolute atomic E-state index is 13.3. The molecule has 0 atom stereocenters. The van der Waals surface area contributed by atoms with Gasteiger partial charge in [-0.1, -0.05) is 18.6 Å². The molecule has 172 valence electrons. The lowest BCUT2D eigenvalue weighted by Crippen LogP contribution is -2.45. The van der Waals surface area contributed by atoms with Gasteiger partial charge in [0.05, 0.1) is 31.2 Å². The topological polar surface area (TPSA) is 87.8 Å². The van der Waals surface area contributed by atoms with Crippen molar-refractivity contribution in [3.8, 4) is 5.75 Å². The highest BCUT2D eigenvalue weighted by molar-refractivity contribution is 5.97. The predicted molar refractivity (Wildman–Crippen MR) is 120 cm³/mol. The van der Waals surface area contributed by atoms with E-state index >= 15 is 0 Å². The van der Waals surface area contributed by atoms with Gasteiger partial charge < -0.3 is 24.3 Å². The molecule has 1 N–H and O–H groups in total. The third-order valence-electron chi connectivity index (χ3n) is 6.70. The number of imidazole rings is 1. The number of fused-ring (bicyclic) bond motifs is 9. The summed E-state index contributed by atoms with van der Waals surface area (Å²) in [5, 5.41) is 0. The first kappa shape index (κ1) is 22.3. The van der Waals surface area contributed by atoms with Crippen LogP contribution in [0.1, 0.15) is 53.0 Å². The Morgan fingerprint density at radius 3 is 2.72 bits per heavy atom. The second kappa shape index (κ2) is 10.2. The van der Waals surface area contributed by atoms with Crippen LogP contribution in [0.25, 0.3) is 0 Å². The van der Waals surface area contributed by atoms with Crippen molar-refractivity contribution in [2.24, 2.45) is 5.41 Å². The molecule has 2 amide bonds. The maximum Gasteiger partial charge on any atom is 0.272 e. The van der Waals surface area contributed by atoms with Gasteiger partial charge in [0.1, 0.15) is 18.1 Å². The van der Waals surface area contributed by atoms with Crippen LogP contribution in [-0.2, 0) is 4.74 Å². The monoisotopic (exact) mass is 440 g/mol. The molecule has 0 aliphatic carbocycles. The van der Waals surface area contributed by atoms with Crippen molar-refractivity contribution in [2.75, 3.05) is 46.5 Å². The first-order valence-corrected chi connectivity index (χ1v) is 11.4. The van der Waals surface area contributed by atoms with Crippen molar-refractivity contribution in [1.29, 1.82) is 0 Å². The van der Waals surface area contributed by atoms with Crippen molar-refractivity contribution in [3.63, 3.8) is 0 Å². The minimum absolute atomic E-state index is 0.00637. The molecule has 32 heavy (non-hydrogen) atoms. The summed E-state index contributed by atoms with van der Waals surface area (Å²) in [7, 11) is 1.75. The number of carbonyl (C=O) groups excluding carboxylic acids is 2. The molecule has 2 bridgehead atoms. The Morgan fingerprint density at radius 1 is 1.16 bits per heavy atom. The Labute approximate surface area is 188 Å². The summed E-state index contributed by atoms with van der Waals surface area (Å²) in [6.07, 6.45) is 7.85. The summed E-state index contributed by atoms with van der Waals surface area (Å²) in [6.45, 7) is 3.55. The van der Waals surface area contributed by atoms with E-state index in [9.17, 15) is 9.59 Å². The fourth-order valence-corrected chi connectivity index (χ4v) is 4.82. The highest BCUT2D eigenvalue weighted by Crippen LogP contribution is 2.38. The molecule has 4 heterocycles. The lowest BCUT2D eigenvalue weighted by atomic mass is 9.75. The molecule has 0 radical (unpaired) electrons. The number of amides is 2. The summed E-state index contributed by atoms with van der Waals surface area (Å²) in [6, 6.07) is 7.38. The van der Waals surface area contributed by atoms with Crippen LogP contribution in [0.4, 0.5) is 0 Å². The molecule has 8 nitrogen and oxygen atoms in total. The van der Waals surface area contributed by atoms with Crippen molar-refractivity contribution < 1.29 is 19.1 Å². The minimum atomic E-state index is -0.0848. The second-order valence-electron chi connectivity index (χ2n) is 8.78. The van der Waals surface area contributed by atoms with E-state index in [1.165, 1.54) is 6.33 Å². The first-order valence-electron chi connectivity index (χ1n) is 11.4. The zero-order chi connectivity index (χ0) is 22.4. The fourth-order valence-electron chi connectivity index (χ4n) is 4.82. The zero-order valence-electron chi connectivity index (χ0n) is 18.7. The van der Waals surface area contributed by atoms with E-state index in [1.807, 2.05) is 34.1 Å². The highest BCUT2D eigenvalue weighted by Gasteiger charge is 2.36. The summed E-state index contributed by atoms with van der Waals surface area (Å²) in [4.78, 5) is 36.8. The molecule has 1 aromatic heterocycles. The van der Waals surface area contributed by atoms with E-state index < -0.39 is 0 Å². The summed E-state index contributed by atoms with van der Waals surface area (Å²) >= 11 is 0. The number of ether oxygens (including phenoxy) is 2. The average molecular weight is 441 g/mol. The summed E-state index contributed by atoms with van der Waals surface area (Å²) < 4.78 is 11.6. The van der Waals surface area contributed by atoms with Crippen molar-refractivity contribution in [3.05, 3.63) is 48.0 Å². The van der Waals surface area contributed by atoms with Crippen LogP contribution in [0.15, 0.2) is 36.8 Å². The lowest BCUT2D eigenvalue weighted by molar-refractivity contribution is 0.0136. The number of H-pyrrole nitrogens is 1. The fraction of sp³-hybridized carbons (Fsp3) is 0.542. The van der Waals surface area contributed by atoms with Gasteiger partial charge in [-0.05, 0) is 43.2 Å². The Morgan fingerprint density at radius 2 is 1.97 bits per heavy atom. The van der Waals surface area contributed by atoms with E-state index in [1.54, 1.807) is 13.3 Å². The Kier molecular flexibility index (Phi) is 7.09. The van der Waals surface area contributed by atoms with Gasteiger partial charge in [0.25, 0.3) is 11.8 Å². The highest BCUT2D eigenvalue weighted by atomic mass is 16.5. The molecule has 0 saturated carbocycles. The number of aromatic nitrogens is 2. The Balaban J connectivity index is 1.57. The summed E-state index contributed by atoms with van der Waals surface area (Å²) in [5.41, 5.74) is 1.13. The number of piperidine rings is 1. The van der Waals surface area contributed by atoms with Crippen LogP contribution in [0.3, 0.4) is 0 Å². The SMILES string of the molecule is COCC12CCCCN(C(=O)c3cnc[nH]3)CCOc3ccccc3C(=O)N(CC1)CC2. The smallest absolute Gasteiger partial charge is 0.272 e. The molecule has 0 spiro atoms. The van der Waals surface area contributed by atoms with Crippen LogP contribution in [0.5, 0.6) is 5.75 Å². The van der Waals surface area contributed by atoms with Crippen molar-refractivity contribution in [1.82, 2.24) is 19.8 Å². The number of hydrogen-bond acceptors (Lipinski definition) is 5. The molecule has 2 aromatic rings. The summed E-state index contributed by atoms with van der Waals surface area (Å²) in [5.74, 6) is 0.486. The lowest BCUT2D eigenvalue weighted by Gasteiger charge is -2.41. The first-order chi connectivity index (χ1) is 15.6. The van der Waals surface area contributed by atoms with Gasteiger partial charge in [-0.15, -0.1) is 0 Å². The normalized spacial score (nSPS) is 19.6. The molecule has 1 aromatic carbocycles. The van der Waals surface area contributed by atoms with E-state index in [0.29, 0.717) is 43.3 Å². The zero-order valence-corrected chi connectivity index (χ0v) is 18.7. The van der Waals surface area contributed by atoms with Gasteiger partial charge in [-0.3, -0.25) is 9.59 Å². The Bertz CT molecular complexity index is 906. The van der Waals surface area contributed by atoms with Crippen LogP contribution in [0.2, 0.25) is 0 Å². The quantitative estimate of drug-likeness (QED) is 0.793. The number of aromatic amines is 1. The van der Waals surface area contributed by atoms with E-state index in [-0.39, 0.29) is 17.2 Å². The molecule has 1 saturated heterocycles. The largest absolute Gasteiger partial charge is 0.491 e. The standard InChI is InChI=1S/C24H32N4O4/c1-31-17-24-8-4-5-11-27(23(30)20-16-25-18-26-20)14-15-32-21-7-3-2-6-19(21)22(29)28(12-9-24)13-10-24/h2-3,6-7,16,18H,4-5,8-15,17H2,1H3,(H,25,26). The van der Waals surface area contributed by atoms with Crippen molar-refractivity contribution in [2.45, 2.75) is 32.1 Å². The van der Waals surface area contributed by atoms with Crippen LogP contribution >= 0.6 is 0 Å².